The van der Waals surface area contributed by atoms with Crippen molar-refractivity contribution in [3.8, 4) is 0 Å². The number of halogens is 2. The summed E-state index contributed by atoms with van der Waals surface area (Å²) >= 11 is 0. The van der Waals surface area contributed by atoms with Crippen molar-refractivity contribution in [1.29, 1.82) is 0 Å². The van der Waals surface area contributed by atoms with E-state index in [0.29, 0.717) is 17.4 Å². The maximum absolute atomic E-state index is 14.0. The summed E-state index contributed by atoms with van der Waals surface area (Å²) in [6.45, 7) is 21.7. The van der Waals surface area contributed by atoms with Crippen molar-refractivity contribution in [2.75, 3.05) is 7.11 Å². The highest BCUT2D eigenvalue weighted by Gasteiger charge is 2.16. The molecule has 0 radical (unpaired) electrons. The summed E-state index contributed by atoms with van der Waals surface area (Å²) in [5.41, 5.74) is 0.692. The molecular weight excluding hydrogens is 330 g/mol. The predicted molar refractivity (Wildman–Crippen MR) is 111 cm³/mol. The zero-order valence-electron chi connectivity index (χ0n) is 18.2. The molecule has 0 amide bonds. The molecule has 152 valence electrons. The third kappa shape index (κ3) is 9.94. The first-order chi connectivity index (χ1) is 12.1. The minimum Gasteiger partial charge on any atom is -0.494 e. The highest BCUT2D eigenvalue weighted by atomic mass is 19.2. The third-order valence-electron chi connectivity index (χ3n) is 5.00. The average molecular weight is 371 g/mol. The van der Waals surface area contributed by atoms with E-state index < -0.39 is 11.7 Å². The first-order valence-corrected chi connectivity index (χ1v) is 9.80. The molecule has 0 aromatic carbocycles. The minimum absolute atomic E-state index is 0.0464. The van der Waals surface area contributed by atoms with Crippen molar-refractivity contribution in [2.45, 2.75) is 74.1 Å². The van der Waals surface area contributed by atoms with Crippen molar-refractivity contribution >= 4 is 0 Å². The van der Waals surface area contributed by atoms with Crippen LogP contribution in [-0.2, 0) is 4.74 Å². The lowest BCUT2D eigenvalue weighted by Crippen LogP contribution is -2.09. The lowest BCUT2D eigenvalue weighted by Gasteiger charge is -2.20. The molecule has 0 spiro atoms. The maximum Gasteiger partial charge on any atom is 0.200 e. The van der Waals surface area contributed by atoms with E-state index in [1.807, 2.05) is 19.9 Å². The second-order valence-electron chi connectivity index (χ2n) is 6.90. The van der Waals surface area contributed by atoms with Gasteiger partial charge in [0.15, 0.2) is 5.83 Å². The van der Waals surface area contributed by atoms with Crippen LogP contribution in [0.15, 0.2) is 47.8 Å². The van der Waals surface area contributed by atoms with Gasteiger partial charge in [-0.2, -0.15) is 4.39 Å². The number of methoxy groups -OCH3 is 1. The highest BCUT2D eigenvalue weighted by molar-refractivity contribution is 5.44. The second kappa shape index (κ2) is 14.8. The highest BCUT2D eigenvalue weighted by Crippen LogP contribution is 2.28. The SMILES string of the molecule is C=C(OC)/C(F)=C(/F)C(=C)/C(C)=C/CC(C)C(C)CCC(C)CC.CC. The first-order valence-electron chi connectivity index (χ1n) is 9.80. The maximum atomic E-state index is 14.0. The van der Waals surface area contributed by atoms with Gasteiger partial charge in [-0.05, 0) is 36.7 Å². The standard InChI is InChI=1S/C21H34F2O.C2H6/c1-9-14(2)10-11-15(3)16(4)12-13-17(5)18(6)20(22)21(23)19(7)24-8;1-2/h13-16H,6-7,9-12H2,1-5,8H3;1-2H3/b17-13+,21-20-;. The fourth-order valence-electron chi connectivity index (χ4n) is 2.27. The fraction of sp³-hybridized carbons (Fsp3) is 0.652. The summed E-state index contributed by atoms with van der Waals surface area (Å²) in [6, 6.07) is 0. The van der Waals surface area contributed by atoms with E-state index in [0.717, 1.165) is 12.3 Å². The summed E-state index contributed by atoms with van der Waals surface area (Å²) < 4.78 is 32.4. The van der Waals surface area contributed by atoms with E-state index >= 15 is 0 Å². The number of allylic oxidation sites excluding steroid dienone is 5. The van der Waals surface area contributed by atoms with Crippen molar-refractivity contribution in [3.05, 3.63) is 47.8 Å². The molecule has 0 aromatic rings. The summed E-state index contributed by atoms with van der Waals surface area (Å²) in [6.07, 6.45) is 6.41. The van der Waals surface area contributed by atoms with Gasteiger partial charge in [0.25, 0.3) is 0 Å². The van der Waals surface area contributed by atoms with Crippen LogP contribution >= 0.6 is 0 Å². The Morgan fingerprint density at radius 1 is 1.00 bits per heavy atom. The van der Waals surface area contributed by atoms with Crippen LogP contribution in [0.2, 0.25) is 0 Å². The number of rotatable bonds is 11. The van der Waals surface area contributed by atoms with Crippen LogP contribution in [-0.4, -0.2) is 7.11 Å². The minimum atomic E-state index is -1.09. The van der Waals surface area contributed by atoms with E-state index in [-0.39, 0.29) is 11.3 Å². The van der Waals surface area contributed by atoms with Crippen molar-refractivity contribution in [1.82, 2.24) is 0 Å². The third-order valence-corrected chi connectivity index (χ3v) is 5.00. The molecule has 0 aliphatic rings. The molecule has 0 rings (SSSR count). The monoisotopic (exact) mass is 370 g/mol. The van der Waals surface area contributed by atoms with Gasteiger partial charge >= 0.3 is 0 Å². The van der Waals surface area contributed by atoms with Gasteiger partial charge in [-0.25, -0.2) is 4.39 Å². The molecule has 0 aliphatic heterocycles. The first kappa shape index (κ1) is 26.8. The van der Waals surface area contributed by atoms with E-state index in [2.05, 4.69) is 45.6 Å². The summed E-state index contributed by atoms with van der Waals surface area (Å²) in [4.78, 5) is 0. The van der Waals surface area contributed by atoms with Gasteiger partial charge in [-0.3, -0.25) is 0 Å². The zero-order valence-corrected chi connectivity index (χ0v) is 18.2. The number of hydrogen-bond donors (Lipinski definition) is 0. The molecule has 3 unspecified atom stereocenters. The van der Waals surface area contributed by atoms with Crippen LogP contribution in [0.5, 0.6) is 0 Å². The van der Waals surface area contributed by atoms with Gasteiger partial charge in [0.1, 0.15) is 5.76 Å². The molecule has 0 aromatic heterocycles. The van der Waals surface area contributed by atoms with Gasteiger partial charge in [0.05, 0.1) is 7.11 Å². The summed E-state index contributed by atoms with van der Waals surface area (Å²) in [5.74, 6) is -0.580. The Labute approximate surface area is 160 Å². The van der Waals surface area contributed by atoms with Gasteiger partial charge in [-0.1, -0.05) is 80.0 Å². The van der Waals surface area contributed by atoms with Crippen molar-refractivity contribution in [2.24, 2.45) is 17.8 Å². The molecule has 3 heteroatoms. The molecule has 0 aliphatic carbocycles. The lowest BCUT2D eigenvalue weighted by molar-refractivity contribution is 0.281. The second-order valence-corrected chi connectivity index (χ2v) is 6.90. The molecule has 0 heterocycles. The summed E-state index contributed by atoms with van der Waals surface area (Å²) in [5, 5.41) is 0. The molecule has 1 nitrogen and oxygen atoms in total. The summed E-state index contributed by atoms with van der Waals surface area (Å²) in [7, 11) is 1.25. The normalized spacial score (nSPS) is 15.8. The smallest absolute Gasteiger partial charge is 0.200 e. The van der Waals surface area contributed by atoms with Crippen LogP contribution in [0, 0.1) is 17.8 Å². The molecule has 0 saturated carbocycles. The van der Waals surface area contributed by atoms with Gasteiger partial charge in [0, 0.05) is 5.57 Å². The zero-order chi connectivity index (χ0) is 20.9. The Kier molecular flexibility index (Phi) is 15.2. The topological polar surface area (TPSA) is 9.23 Å². The van der Waals surface area contributed by atoms with Crippen molar-refractivity contribution in [3.63, 3.8) is 0 Å². The van der Waals surface area contributed by atoms with E-state index in [1.54, 1.807) is 6.92 Å². The van der Waals surface area contributed by atoms with Crippen molar-refractivity contribution < 1.29 is 13.5 Å². The molecular formula is C23H40F2O. The van der Waals surface area contributed by atoms with Crippen LogP contribution < -0.4 is 0 Å². The largest absolute Gasteiger partial charge is 0.494 e. The molecule has 0 N–H and O–H groups in total. The fourth-order valence-corrected chi connectivity index (χ4v) is 2.27. The van der Waals surface area contributed by atoms with E-state index in [9.17, 15) is 8.78 Å². The quantitative estimate of drug-likeness (QED) is 0.262. The van der Waals surface area contributed by atoms with Gasteiger partial charge in [0.2, 0.25) is 5.83 Å². The Morgan fingerprint density at radius 2 is 1.54 bits per heavy atom. The Bertz CT molecular complexity index is 488. The van der Waals surface area contributed by atoms with Gasteiger partial charge < -0.3 is 4.74 Å². The number of hydrogen-bond acceptors (Lipinski definition) is 1. The van der Waals surface area contributed by atoms with Crippen LogP contribution in [0.25, 0.3) is 0 Å². The van der Waals surface area contributed by atoms with Crippen LogP contribution in [0.3, 0.4) is 0 Å². The van der Waals surface area contributed by atoms with E-state index in [1.165, 1.54) is 26.4 Å². The Balaban J connectivity index is 0. The Morgan fingerprint density at radius 3 is 2.00 bits per heavy atom. The molecule has 0 bridgehead atoms. The van der Waals surface area contributed by atoms with Gasteiger partial charge in [-0.15, -0.1) is 0 Å². The average Bonchev–Trinajstić information content (AvgIpc) is 2.68. The van der Waals surface area contributed by atoms with Crippen LogP contribution in [0.4, 0.5) is 8.78 Å². The molecule has 26 heavy (non-hydrogen) atoms. The number of ether oxygens (including phenoxy) is 1. The predicted octanol–water partition coefficient (Wildman–Crippen LogP) is 8.31. The van der Waals surface area contributed by atoms with E-state index in [4.69, 9.17) is 0 Å². The molecule has 0 saturated heterocycles. The van der Waals surface area contributed by atoms with Crippen LogP contribution in [0.1, 0.15) is 74.1 Å². The molecule has 3 atom stereocenters. The lowest BCUT2D eigenvalue weighted by atomic mass is 9.86. The molecule has 0 fully saturated rings. The Hall–Kier alpha value is -1.38.